The van der Waals surface area contributed by atoms with Gasteiger partial charge in [-0.2, -0.15) is 0 Å². The molecule has 1 rings (SSSR count). The fourth-order valence-electron chi connectivity index (χ4n) is 2.05. The van der Waals surface area contributed by atoms with E-state index in [1.807, 2.05) is 11.8 Å². The average Bonchev–Trinajstić information content (AvgIpc) is 2.37. The van der Waals surface area contributed by atoms with Gasteiger partial charge in [0.15, 0.2) is 0 Å². The third kappa shape index (κ3) is 3.49. The molecule has 0 spiro atoms. The zero-order chi connectivity index (χ0) is 11.5. The van der Waals surface area contributed by atoms with E-state index in [0.717, 1.165) is 32.4 Å². The van der Waals surface area contributed by atoms with E-state index in [2.05, 4.69) is 13.8 Å². The predicted octanol–water partition coefficient (Wildman–Crippen LogP) is 1.76. The van der Waals surface area contributed by atoms with Gasteiger partial charge in [-0.05, 0) is 31.1 Å². The van der Waals surface area contributed by atoms with Gasteiger partial charge in [-0.25, -0.2) is 0 Å². The number of amides is 1. The van der Waals surface area contributed by atoms with Crippen molar-refractivity contribution in [1.29, 1.82) is 0 Å². The molecule has 0 aromatic rings. The van der Waals surface area contributed by atoms with Crippen LogP contribution in [0, 0.1) is 5.41 Å². The molecule has 2 N–H and O–H groups in total. The van der Waals surface area contributed by atoms with Crippen molar-refractivity contribution in [2.75, 3.05) is 13.1 Å². The van der Waals surface area contributed by atoms with Gasteiger partial charge in [-0.1, -0.05) is 20.8 Å². The maximum absolute atomic E-state index is 11.9. The number of rotatable bonds is 2. The molecule has 0 aromatic carbocycles. The van der Waals surface area contributed by atoms with Crippen LogP contribution in [0.25, 0.3) is 0 Å². The molecule has 1 saturated heterocycles. The monoisotopic (exact) mass is 212 g/mol. The van der Waals surface area contributed by atoms with Crippen LogP contribution in [0.3, 0.4) is 0 Å². The summed E-state index contributed by atoms with van der Waals surface area (Å²) in [5.41, 5.74) is 6.16. The van der Waals surface area contributed by atoms with Crippen LogP contribution < -0.4 is 5.73 Å². The molecule has 15 heavy (non-hydrogen) atoms. The van der Waals surface area contributed by atoms with Crippen molar-refractivity contribution in [2.24, 2.45) is 11.1 Å². The van der Waals surface area contributed by atoms with Crippen molar-refractivity contribution in [2.45, 2.75) is 52.5 Å². The molecule has 0 aromatic heterocycles. The molecule has 1 amide bonds. The summed E-state index contributed by atoms with van der Waals surface area (Å²) in [6.45, 7) is 8.28. The van der Waals surface area contributed by atoms with Crippen LogP contribution in [0.15, 0.2) is 0 Å². The van der Waals surface area contributed by atoms with Gasteiger partial charge < -0.3 is 10.6 Å². The molecule has 3 heteroatoms. The number of carbonyl (C=O) groups excluding carboxylic acids is 1. The summed E-state index contributed by atoms with van der Waals surface area (Å²) in [6.07, 6.45) is 4.14. The van der Waals surface area contributed by atoms with Gasteiger partial charge in [0.25, 0.3) is 0 Å². The fraction of sp³-hybridized carbons (Fsp3) is 0.917. The molecule has 0 aliphatic carbocycles. The molecule has 3 nitrogen and oxygen atoms in total. The average molecular weight is 212 g/mol. The molecule has 1 atom stereocenters. The van der Waals surface area contributed by atoms with Crippen molar-refractivity contribution >= 4 is 5.91 Å². The van der Waals surface area contributed by atoms with Crippen LogP contribution in [0.1, 0.15) is 46.5 Å². The topological polar surface area (TPSA) is 46.3 Å². The summed E-state index contributed by atoms with van der Waals surface area (Å²) in [6, 6.07) is -0.300. The smallest absolute Gasteiger partial charge is 0.239 e. The summed E-state index contributed by atoms with van der Waals surface area (Å²) < 4.78 is 0. The van der Waals surface area contributed by atoms with E-state index >= 15 is 0 Å². The number of hydrogen-bond acceptors (Lipinski definition) is 2. The Kier molecular flexibility index (Phi) is 4.14. The van der Waals surface area contributed by atoms with E-state index < -0.39 is 0 Å². The highest BCUT2D eigenvalue weighted by Crippen LogP contribution is 2.29. The van der Waals surface area contributed by atoms with Crippen molar-refractivity contribution in [3.8, 4) is 0 Å². The summed E-state index contributed by atoms with van der Waals surface area (Å²) in [4.78, 5) is 13.8. The second-order valence-corrected chi connectivity index (χ2v) is 5.36. The van der Waals surface area contributed by atoms with E-state index in [-0.39, 0.29) is 11.9 Å². The minimum Gasteiger partial charge on any atom is -0.341 e. The van der Waals surface area contributed by atoms with E-state index in [1.54, 1.807) is 0 Å². The molecule has 0 bridgehead atoms. The first-order valence-electron chi connectivity index (χ1n) is 6.00. The number of hydrogen-bond donors (Lipinski definition) is 1. The molecule has 88 valence electrons. The SMILES string of the molecule is CC[C@H](N)C(=O)N1CCCC(C)(C)CC1. The van der Waals surface area contributed by atoms with E-state index in [4.69, 9.17) is 5.73 Å². The highest BCUT2D eigenvalue weighted by molar-refractivity contribution is 5.81. The highest BCUT2D eigenvalue weighted by atomic mass is 16.2. The minimum absolute atomic E-state index is 0.134. The van der Waals surface area contributed by atoms with Crippen molar-refractivity contribution in [1.82, 2.24) is 4.90 Å². The second kappa shape index (κ2) is 4.97. The fourth-order valence-corrected chi connectivity index (χ4v) is 2.05. The lowest BCUT2D eigenvalue weighted by atomic mass is 9.85. The van der Waals surface area contributed by atoms with E-state index in [1.165, 1.54) is 6.42 Å². The Morgan fingerprint density at radius 2 is 2.07 bits per heavy atom. The van der Waals surface area contributed by atoms with Crippen LogP contribution in [0.5, 0.6) is 0 Å². The van der Waals surface area contributed by atoms with E-state index in [0.29, 0.717) is 5.41 Å². The molecule has 0 saturated carbocycles. The van der Waals surface area contributed by atoms with Gasteiger partial charge in [0, 0.05) is 13.1 Å². The maximum Gasteiger partial charge on any atom is 0.239 e. The van der Waals surface area contributed by atoms with Gasteiger partial charge in [-0.15, -0.1) is 0 Å². The van der Waals surface area contributed by atoms with Crippen LogP contribution in [-0.4, -0.2) is 29.9 Å². The van der Waals surface area contributed by atoms with Gasteiger partial charge in [0.05, 0.1) is 6.04 Å². The number of likely N-dealkylation sites (tertiary alicyclic amines) is 1. The molecular formula is C12H24N2O. The predicted molar refractivity (Wildman–Crippen MR) is 62.5 cm³/mol. The molecule has 1 heterocycles. The molecular weight excluding hydrogens is 188 g/mol. The van der Waals surface area contributed by atoms with Gasteiger partial charge in [0.1, 0.15) is 0 Å². The normalized spacial score (nSPS) is 23.3. The van der Waals surface area contributed by atoms with Gasteiger partial charge >= 0.3 is 0 Å². The quantitative estimate of drug-likeness (QED) is 0.758. The lowest BCUT2D eigenvalue weighted by Gasteiger charge is -2.25. The summed E-state index contributed by atoms with van der Waals surface area (Å²) in [5.74, 6) is 0.134. The molecule has 1 aliphatic heterocycles. The van der Waals surface area contributed by atoms with Crippen molar-refractivity contribution < 1.29 is 4.79 Å². The number of nitrogens with zero attached hydrogens (tertiary/aromatic N) is 1. The second-order valence-electron chi connectivity index (χ2n) is 5.36. The summed E-state index contributed by atoms with van der Waals surface area (Å²) >= 11 is 0. The van der Waals surface area contributed by atoms with Crippen LogP contribution >= 0.6 is 0 Å². The molecule has 1 fully saturated rings. The third-order valence-corrected chi connectivity index (χ3v) is 3.41. The third-order valence-electron chi connectivity index (χ3n) is 3.41. The largest absolute Gasteiger partial charge is 0.341 e. The van der Waals surface area contributed by atoms with E-state index in [9.17, 15) is 4.79 Å². The van der Waals surface area contributed by atoms with Crippen LogP contribution in [0.2, 0.25) is 0 Å². The Balaban J connectivity index is 2.54. The Hall–Kier alpha value is -0.570. The lowest BCUT2D eigenvalue weighted by Crippen LogP contribution is -2.44. The first-order chi connectivity index (χ1) is 6.96. The Morgan fingerprint density at radius 1 is 1.40 bits per heavy atom. The summed E-state index contributed by atoms with van der Waals surface area (Å²) in [7, 11) is 0. The van der Waals surface area contributed by atoms with Crippen molar-refractivity contribution in [3.05, 3.63) is 0 Å². The van der Waals surface area contributed by atoms with Gasteiger partial charge in [0.2, 0.25) is 5.91 Å². The maximum atomic E-state index is 11.9. The zero-order valence-electron chi connectivity index (χ0n) is 10.3. The lowest BCUT2D eigenvalue weighted by molar-refractivity contribution is -0.132. The van der Waals surface area contributed by atoms with Crippen LogP contribution in [0.4, 0.5) is 0 Å². The standard InChI is InChI=1S/C12H24N2O/c1-4-10(13)11(15)14-8-5-6-12(2,3)7-9-14/h10H,4-9,13H2,1-3H3/t10-/m0/s1. The van der Waals surface area contributed by atoms with Crippen molar-refractivity contribution in [3.63, 3.8) is 0 Å². The molecule has 0 radical (unpaired) electrons. The zero-order valence-corrected chi connectivity index (χ0v) is 10.3. The van der Waals surface area contributed by atoms with Crippen LogP contribution in [-0.2, 0) is 4.79 Å². The Bertz CT molecular complexity index is 226. The highest BCUT2D eigenvalue weighted by Gasteiger charge is 2.26. The molecule has 0 unspecified atom stereocenters. The number of carbonyl (C=O) groups is 1. The summed E-state index contributed by atoms with van der Waals surface area (Å²) in [5, 5.41) is 0. The van der Waals surface area contributed by atoms with Gasteiger partial charge in [-0.3, -0.25) is 4.79 Å². The number of nitrogens with two attached hydrogens (primary N) is 1. The first kappa shape index (κ1) is 12.5. The Morgan fingerprint density at radius 3 is 2.67 bits per heavy atom. The minimum atomic E-state index is -0.300. The first-order valence-corrected chi connectivity index (χ1v) is 6.00. The molecule has 1 aliphatic rings. The Labute approximate surface area is 93.0 Å².